The zero-order chi connectivity index (χ0) is 19.4. The monoisotopic (exact) mass is 372 g/mol. The van der Waals surface area contributed by atoms with Gasteiger partial charge >= 0.3 is 0 Å². The van der Waals surface area contributed by atoms with E-state index < -0.39 is 0 Å². The van der Waals surface area contributed by atoms with E-state index in [-0.39, 0.29) is 0 Å². The van der Waals surface area contributed by atoms with E-state index >= 15 is 0 Å². The molecule has 2 nitrogen and oxygen atoms in total. The van der Waals surface area contributed by atoms with Crippen LogP contribution >= 0.6 is 0 Å². The van der Waals surface area contributed by atoms with Crippen molar-refractivity contribution in [2.24, 2.45) is 0 Å². The minimum absolute atomic E-state index is 0.448. The second kappa shape index (κ2) is 11.4. The summed E-state index contributed by atoms with van der Waals surface area (Å²) in [5, 5.41) is 7.15. The van der Waals surface area contributed by atoms with E-state index in [1.54, 1.807) is 0 Å². The van der Waals surface area contributed by atoms with Crippen LogP contribution in [0.2, 0.25) is 0 Å². The zero-order valence-corrected chi connectivity index (χ0v) is 16.9. The highest BCUT2D eigenvalue weighted by Crippen LogP contribution is 2.27. The summed E-state index contributed by atoms with van der Waals surface area (Å²) in [6, 6.07) is 30.3. The van der Waals surface area contributed by atoms with Gasteiger partial charge in [0.1, 0.15) is 0 Å². The molecule has 2 heteroatoms. The van der Waals surface area contributed by atoms with Crippen molar-refractivity contribution in [1.29, 1.82) is 0 Å². The highest BCUT2D eigenvalue weighted by Gasteiger charge is 2.13. The predicted octanol–water partition coefficient (Wildman–Crippen LogP) is 4.94. The lowest BCUT2D eigenvalue weighted by atomic mass is 9.88. The molecule has 0 fully saturated rings. The molecule has 0 heterocycles. The van der Waals surface area contributed by atoms with Crippen LogP contribution in [-0.4, -0.2) is 26.2 Å². The molecular formula is C26H32N2. The Morgan fingerprint density at radius 3 is 1.75 bits per heavy atom. The Balaban J connectivity index is 1.37. The maximum atomic E-state index is 3.60. The third kappa shape index (κ3) is 6.33. The molecule has 0 atom stereocenters. The molecule has 0 aromatic heterocycles. The first-order chi connectivity index (χ1) is 13.8. The number of benzene rings is 3. The van der Waals surface area contributed by atoms with E-state index in [1.807, 2.05) is 0 Å². The molecule has 3 aromatic rings. The highest BCUT2D eigenvalue weighted by atomic mass is 14.9. The summed E-state index contributed by atoms with van der Waals surface area (Å²) < 4.78 is 0. The van der Waals surface area contributed by atoms with Crippen molar-refractivity contribution in [3.8, 4) is 0 Å². The molecule has 0 unspecified atom stereocenters. The average Bonchev–Trinajstić information content (AvgIpc) is 2.75. The standard InChI is InChI=1S/C26H32N2/c1-22-10-8-9-11-23(22)16-18-27-20-21-28-19-17-26(24-12-4-2-5-13-24)25-14-6-3-7-15-25/h2-15,26-28H,16-21H2,1H3. The van der Waals surface area contributed by atoms with Crippen molar-refractivity contribution in [3.05, 3.63) is 107 Å². The maximum absolute atomic E-state index is 3.60. The fraction of sp³-hybridized carbons (Fsp3) is 0.308. The Labute approximate surface area is 170 Å². The summed E-state index contributed by atoms with van der Waals surface area (Å²) in [5.41, 5.74) is 5.62. The smallest absolute Gasteiger partial charge is 0.0101 e. The molecule has 28 heavy (non-hydrogen) atoms. The molecule has 0 bridgehead atoms. The second-order valence-electron chi connectivity index (χ2n) is 7.34. The van der Waals surface area contributed by atoms with Gasteiger partial charge in [-0.3, -0.25) is 0 Å². The molecule has 3 rings (SSSR count). The highest BCUT2D eigenvalue weighted by molar-refractivity contribution is 5.32. The molecule has 0 saturated carbocycles. The molecule has 0 spiro atoms. The van der Waals surface area contributed by atoms with Crippen molar-refractivity contribution >= 4 is 0 Å². The first-order valence-corrected chi connectivity index (χ1v) is 10.4. The van der Waals surface area contributed by atoms with Crippen LogP contribution in [0.25, 0.3) is 0 Å². The third-order valence-electron chi connectivity index (χ3n) is 5.32. The lowest BCUT2D eigenvalue weighted by Gasteiger charge is -2.18. The van der Waals surface area contributed by atoms with Gasteiger partial charge in [0.2, 0.25) is 0 Å². The van der Waals surface area contributed by atoms with Crippen LogP contribution in [0.5, 0.6) is 0 Å². The van der Waals surface area contributed by atoms with E-state index in [2.05, 4.69) is 102 Å². The third-order valence-corrected chi connectivity index (χ3v) is 5.32. The Kier molecular flexibility index (Phi) is 8.29. The average molecular weight is 373 g/mol. The van der Waals surface area contributed by atoms with Crippen LogP contribution in [0.4, 0.5) is 0 Å². The normalized spacial score (nSPS) is 11.1. The van der Waals surface area contributed by atoms with Gasteiger partial charge in [-0.25, -0.2) is 0 Å². The Bertz CT molecular complexity index is 759. The minimum Gasteiger partial charge on any atom is -0.315 e. The summed E-state index contributed by atoms with van der Waals surface area (Å²) >= 11 is 0. The summed E-state index contributed by atoms with van der Waals surface area (Å²) in [4.78, 5) is 0. The van der Waals surface area contributed by atoms with E-state index in [0.29, 0.717) is 5.92 Å². The van der Waals surface area contributed by atoms with Gasteiger partial charge in [-0.2, -0.15) is 0 Å². The summed E-state index contributed by atoms with van der Waals surface area (Å²) in [7, 11) is 0. The number of nitrogens with one attached hydrogen (secondary N) is 2. The van der Waals surface area contributed by atoms with Crippen LogP contribution in [0.1, 0.15) is 34.6 Å². The largest absolute Gasteiger partial charge is 0.315 e. The minimum atomic E-state index is 0.448. The van der Waals surface area contributed by atoms with Crippen molar-refractivity contribution in [1.82, 2.24) is 10.6 Å². The van der Waals surface area contributed by atoms with Crippen molar-refractivity contribution in [2.45, 2.75) is 25.7 Å². The van der Waals surface area contributed by atoms with Gasteiger partial charge < -0.3 is 10.6 Å². The van der Waals surface area contributed by atoms with Gasteiger partial charge in [0.15, 0.2) is 0 Å². The quantitative estimate of drug-likeness (QED) is 0.466. The van der Waals surface area contributed by atoms with E-state index in [0.717, 1.165) is 39.0 Å². The molecule has 3 aromatic carbocycles. The van der Waals surface area contributed by atoms with E-state index in [1.165, 1.54) is 22.3 Å². The predicted molar refractivity (Wildman–Crippen MR) is 120 cm³/mol. The van der Waals surface area contributed by atoms with Crippen LogP contribution in [-0.2, 0) is 6.42 Å². The first-order valence-electron chi connectivity index (χ1n) is 10.4. The lowest BCUT2D eigenvalue weighted by Crippen LogP contribution is -2.29. The van der Waals surface area contributed by atoms with Crippen LogP contribution in [0.15, 0.2) is 84.9 Å². The Morgan fingerprint density at radius 2 is 1.14 bits per heavy atom. The van der Waals surface area contributed by atoms with Crippen molar-refractivity contribution in [3.63, 3.8) is 0 Å². The number of rotatable bonds is 11. The van der Waals surface area contributed by atoms with E-state index in [4.69, 9.17) is 0 Å². The number of hydrogen-bond donors (Lipinski definition) is 2. The van der Waals surface area contributed by atoms with Gasteiger partial charge in [0.25, 0.3) is 0 Å². The van der Waals surface area contributed by atoms with E-state index in [9.17, 15) is 0 Å². The summed E-state index contributed by atoms with van der Waals surface area (Å²) in [6.07, 6.45) is 2.20. The Hall–Kier alpha value is -2.42. The molecule has 2 N–H and O–H groups in total. The second-order valence-corrected chi connectivity index (χ2v) is 7.34. The van der Waals surface area contributed by atoms with Crippen LogP contribution in [0.3, 0.4) is 0 Å². The van der Waals surface area contributed by atoms with Gasteiger partial charge in [-0.05, 0) is 55.1 Å². The number of hydrogen-bond acceptors (Lipinski definition) is 2. The SMILES string of the molecule is Cc1ccccc1CCNCCNCCC(c1ccccc1)c1ccccc1. The topological polar surface area (TPSA) is 24.1 Å². The lowest BCUT2D eigenvalue weighted by molar-refractivity contribution is 0.578. The van der Waals surface area contributed by atoms with Gasteiger partial charge in [-0.15, -0.1) is 0 Å². The van der Waals surface area contributed by atoms with Gasteiger partial charge in [0, 0.05) is 19.0 Å². The van der Waals surface area contributed by atoms with Gasteiger partial charge in [-0.1, -0.05) is 84.9 Å². The summed E-state index contributed by atoms with van der Waals surface area (Å²) in [5.74, 6) is 0.448. The molecule has 0 aliphatic carbocycles. The van der Waals surface area contributed by atoms with Crippen LogP contribution < -0.4 is 10.6 Å². The molecule has 146 valence electrons. The summed E-state index contributed by atoms with van der Waals surface area (Å²) in [6.45, 7) is 6.25. The molecule has 0 amide bonds. The number of aryl methyl sites for hydroxylation is 1. The zero-order valence-electron chi connectivity index (χ0n) is 16.9. The molecule has 0 aliphatic rings. The van der Waals surface area contributed by atoms with Gasteiger partial charge in [0.05, 0.1) is 0 Å². The fourth-order valence-corrected chi connectivity index (χ4v) is 3.68. The molecule has 0 radical (unpaired) electrons. The Morgan fingerprint density at radius 1 is 0.607 bits per heavy atom. The molecular weight excluding hydrogens is 340 g/mol. The fourth-order valence-electron chi connectivity index (χ4n) is 3.68. The first kappa shape index (κ1) is 20.3. The molecule has 0 saturated heterocycles. The molecule has 0 aliphatic heterocycles. The van der Waals surface area contributed by atoms with Crippen LogP contribution in [0, 0.1) is 6.92 Å². The van der Waals surface area contributed by atoms with Crippen molar-refractivity contribution in [2.75, 3.05) is 26.2 Å². The maximum Gasteiger partial charge on any atom is 0.0101 e. The van der Waals surface area contributed by atoms with Crippen molar-refractivity contribution < 1.29 is 0 Å².